The molecule has 0 spiro atoms. The Balaban J connectivity index is 1.64. The molecule has 1 saturated heterocycles. The fourth-order valence-corrected chi connectivity index (χ4v) is 5.03. The van der Waals surface area contributed by atoms with Crippen LogP contribution in [0.5, 0.6) is 0 Å². The quantitative estimate of drug-likeness (QED) is 0.805. The van der Waals surface area contributed by atoms with Crippen LogP contribution in [0, 0.1) is 0 Å². The van der Waals surface area contributed by atoms with Crippen molar-refractivity contribution in [2.75, 3.05) is 25.4 Å². The van der Waals surface area contributed by atoms with E-state index in [1.54, 1.807) is 4.31 Å². The third-order valence-electron chi connectivity index (χ3n) is 4.97. The van der Waals surface area contributed by atoms with E-state index >= 15 is 0 Å². The van der Waals surface area contributed by atoms with E-state index in [1.807, 2.05) is 17.8 Å². The highest BCUT2D eigenvalue weighted by Crippen LogP contribution is 2.27. The lowest BCUT2D eigenvalue weighted by Crippen LogP contribution is -2.40. The smallest absolute Gasteiger partial charge is 0.214 e. The second-order valence-corrected chi connectivity index (χ2v) is 8.98. The van der Waals surface area contributed by atoms with Crippen LogP contribution in [0.3, 0.4) is 0 Å². The fourth-order valence-electron chi connectivity index (χ4n) is 3.49. The van der Waals surface area contributed by atoms with Crippen molar-refractivity contribution in [3.05, 3.63) is 42.2 Å². The number of sulfonamides is 1. The molecule has 3 rings (SSSR count). The average Bonchev–Trinajstić information content (AvgIpc) is 3.13. The molecule has 0 bridgehead atoms. The molecule has 0 aliphatic carbocycles. The molecule has 26 heavy (non-hydrogen) atoms. The Bertz CT molecular complexity index is 806. The minimum Gasteiger partial charge on any atom is -0.330 e. The second kappa shape index (κ2) is 8.33. The Morgan fingerprint density at radius 2 is 1.85 bits per heavy atom. The van der Waals surface area contributed by atoms with Crippen molar-refractivity contribution in [3.8, 4) is 11.1 Å². The predicted molar refractivity (Wildman–Crippen MR) is 104 cm³/mol. The zero-order valence-electron chi connectivity index (χ0n) is 15.3. The van der Waals surface area contributed by atoms with Crippen molar-refractivity contribution in [1.29, 1.82) is 0 Å². The Morgan fingerprint density at radius 3 is 2.46 bits per heavy atom. The van der Waals surface area contributed by atoms with E-state index < -0.39 is 10.0 Å². The number of aromatic nitrogens is 2. The van der Waals surface area contributed by atoms with Crippen LogP contribution in [0.25, 0.3) is 11.1 Å². The van der Waals surface area contributed by atoms with Crippen LogP contribution < -0.4 is 5.73 Å². The molecule has 2 heterocycles. The van der Waals surface area contributed by atoms with E-state index in [9.17, 15) is 8.42 Å². The maximum absolute atomic E-state index is 12.2. The van der Waals surface area contributed by atoms with Gasteiger partial charge in [0, 0.05) is 24.8 Å². The van der Waals surface area contributed by atoms with Gasteiger partial charge in [-0.2, -0.15) is 5.10 Å². The standard InChI is InChI=1S/C19H28N4O2S/c1-2-13-26(24,25)22-11-8-19(9-12-22)23-15-18(14-21-23)17-5-3-16(4-6-17)7-10-20/h3-6,14-15,19H,2,7-13,20H2,1H3. The van der Waals surface area contributed by atoms with Crippen molar-refractivity contribution >= 4 is 10.0 Å². The van der Waals surface area contributed by atoms with Crippen LogP contribution in [0.1, 0.15) is 37.8 Å². The molecular formula is C19H28N4O2S. The monoisotopic (exact) mass is 376 g/mol. The molecule has 6 nitrogen and oxygen atoms in total. The van der Waals surface area contributed by atoms with Crippen molar-refractivity contribution in [3.63, 3.8) is 0 Å². The summed E-state index contributed by atoms with van der Waals surface area (Å²) in [5.74, 6) is 0.240. The maximum atomic E-state index is 12.2. The third kappa shape index (κ3) is 4.34. The summed E-state index contributed by atoms with van der Waals surface area (Å²) >= 11 is 0. The van der Waals surface area contributed by atoms with Gasteiger partial charge in [-0.25, -0.2) is 12.7 Å². The first-order chi connectivity index (χ1) is 12.5. The average molecular weight is 377 g/mol. The fraction of sp³-hybridized carbons (Fsp3) is 0.526. The van der Waals surface area contributed by atoms with Gasteiger partial charge in [-0.3, -0.25) is 4.68 Å². The molecule has 0 atom stereocenters. The van der Waals surface area contributed by atoms with Crippen LogP contribution >= 0.6 is 0 Å². The van der Waals surface area contributed by atoms with Crippen LogP contribution in [0.2, 0.25) is 0 Å². The number of piperidine rings is 1. The zero-order valence-corrected chi connectivity index (χ0v) is 16.2. The van der Waals surface area contributed by atoms with Gasteiger partial charge in [0.1, 0.15) is 0 Å². The number of hydrogen-bond donors (Lipinski definition) is 1. The van der Waals surface area contributed by atoms with Crippen LogP contribution in [0.15, 0.2) is 36.7 Å². The van der Waals surface area contributed by atoms with Crippen molar-refractivity contribution in [2.24, 2.45) is 5.73 Å². The number of nitrogens with two attached hydrogens (primary N) is 1. The minimum absolute atomic E-state index is 0.240. The summed E-state index contributed by atoms with van der Waals surface area (Å²) < 4.78 is 28.0. The lowest BCUT2D eigenvalue weighted by molar-refractivity contribution is 0.261. The zero-order chi connectivity index (χ0) is 18.6. The lowest BCUT2D eigenvalue weighted by atomic mass is 10.1. The highest BCUT2D eigenvalue weighted by atomic mass is 32.2. The van der Waals surface area contributed by atoms with Gasteiger partial charge in [0.15, 0.2) is 0 Å². The van der Waals surface area contributed by atoms with E-state index in [-0.39, 0.29) is 11.8 Å². The first-order valence-corrected chi connectivity index (χ1v) is 11.0. The van der Waals surface area contributed by atoms with Gasteiger partial charge in [-0.05, 0) is 43.4 Å². The summed E-state index contributed by atoms with van der Waals surface area (Å²) in [5.41, 5.74) is 9.06. The van der Waals surface area contributed by atoms with Crippen LogP contribution in [-0.4, -0.2) is 47.9 Å². The van der Waals surface area contributed by atoms with Crippen molar-refractivity contribution in [2.45, 2.75) is 38.6 Å². The SMILES string of the molecule is CCCS(=O)(=O)N1CCC(n2cc(-c3ccc(CCN)cc3)cn2)CC1. The van der Waals surface area contributed by atoms with Crippen LogP contribution in [0.4, 0.5) is 0 Å². The molecule has 1 aromatic carbocycles. The summed E-state index contributed by atoms with van der Waals surface area (Å²) in [6.45, 7) is 3.72. The van der Waals surface area contributed by atoms with Gasteiger partial charge in [0.05, 0.1) is 18.0 Å². The molecule has 0 radical (unpaired) electrons. The molecule has 0 amide bonds. The number of hydrogen-bond acceptors (Lipinski definition) is 4. The van der Waals surface area contributed by atoms with E-state index in [0.717, 1.165) is 30.4 Å². The number of benzene rings is 1. The second-order valence-electron chi connectivity index (χ2n) is 6.89. The first kappa shape index (κ1) is 19.1. The van der Waals surface area contributed by atoms with Gasteiger partial charge < -0.3 is 5.73 Å². The molecule has 0 saturated carbocycles. The molecule has 1 aromatic heterocycles. The number of nitrogens with zero attached hydrogens (tertiary/aromatic N) is 3. The Morgan fingerprint density at radius 1 is 1.15 bits per heavy atom. The summed E-state index contributed by atoms with van der Waals surface area (Å²) in [6, 6.07) is 8.68. The maximum Gasteiger partial charge on any atom is 0.214 e. The Hall–Kier alpha value is -1.70. The summed E-state index contributed by atoms with van der Waals surface area (Å²) in [6.07, 6.45) is 7.11. The van der Waals surface area contributed by atoms with E-state index in [2.05, 4.69) is 35.6 Å². The summed E-state index contributed by atoms with van der Waals surface area (Å²) in [5, 5.41) is 4.53. The predicted octanol–water partition coefficient (Wildman–Crippen LogP) is 2.43. The molecule has 2 N–H and O–H groups in total. The highest BCUT2D eigenvalue weighted by molar-refractivity contribution is 7.89. The van der Waals surface area contributed by atoms with Gasteiger partial charge in [0.25, 0.3) is 0 Å². The molecule has 2 aromatic rings. The van der Waals surface area contributed by atoms with Gasteiger partial charge in [-0.1, -0.05) is 31.2 Å². The van der Waals surface area contributed by atoms with Crippen molar-refractivity contribution < 1.29 is 8.42 Å². The van der Waals surface area contributed by atoms with Gasteiger partial charge in [-0.15, -0.1) is 0 Å². The third-order valence-corrected chi connectivity index (χ3v) is 7.05. The summed E-state index contributed by atoms with van der Waals surface area (Å²) in [7, 11) is -3.09. The highest BCUT2D eigenvalue weighted by Gasteiger charge is 2.28. The van der Waals surface area contributed by atoms with Crippen molar-refractivity contribution in [1.82, 2.24) is 14.1 Å². The molecular weight excluding hydrogens is 348 g/mol. The normalized spacial score (nSPS) is 16.8. The molecule has 0 unspecified atom stereocenters. The van der Waals surface area contributed by atoms with Crippen LogP contribution in [-0.2, 0) is 16.4 Å². The summed E-state index contributed by atoms with van der Waals surface area (Å²) in [4.78, 5) is 0. The molecule has 1 aliphatic rings. The minimum atomic E-state index is -3.09. The molecule has 7 heteroatoms. The molecule has 1 fully saturated rings. The Kier molecular flexibility index (Phi) is 6.11. The molecule has 142 valence electrons. The van der Waals surface area contributed by atoms with Gasteiger partial charge in [0.2, 0.25) is 10.0 Å². The topological polar surface area (TPSA) is 81.2 Å². The van der Waals surface area contributed by atoms with E-state index in [4.69, 9.17) is 5.73 Å². The largest absolute Gasteiger partial charge is 0.330 e. The Labute approximate surface area is 156 Å². The number of rotatable bonds is 7. The van der Waals surface area contributed by atoms with E-state index in [0.29, 0.717) is 26.1 Å². The first-order valence-electron chi connectivity index (χ1n) is 9.35. The molecule has 1 aliphatic heterocycles. The van der Waals surface area contributed by atoms with E-state index in [1.165, 1.54) is 5.56 Å². The lowest BCUT2D eigenvalue weighted by Gasteiger charge is -2.31. The van der Waals surface area contributed by atoms with Gasteiger partial charge >= 0.3 is 0 Å².